The zero-order chi connectivity index (χ0) is 10.7. The number of carbonyl (C=O) groups is 2. The van der Waals surface area contributed by atoms with Crippen molar-refractivity contribution in [1.82, 2.24) is 0 Å². The van der Waals surface area contributed by atoms with Crippen molar-refractivity contribution < 1.29 is 23.8 Å². The Morgan fingerprint density at radius 2 is 1.93 bits per heavy atom. The summed E-state index contributed by atoms with van der Waals surface area (Å²) in [6, 6.07) is 0. The van der Waals surface area contributed by atoms with E-state index in [1.165, 1.54) is 0 Å². The van der Waals surface area contributed by atoms with Crippen LogP contribution in [0, 0.1) is 0 Å². The first kappa shape index (κ1) is 10.4. The van der Waals surface area contributed by atoms with Crippen LogP contribution in [0.5, 0.6) is 0 Å². The fourth-order valence-corrected chi connectivity index (χ4v) is 1.56. The Bertz CT molecular complexity index is 253. The number of rotatable bonds is 2. The van der Waals surface area contributed by atoms with Crippen LogP contribution in [0.1, 0.15) is 32.1 Å². The second-order valence-electron chi connectivity index (χ2n) is 3.84. The molecular weight excluding hydrogens is 200 g/mol. The van der Waals surface area contributed by atoms with E-state index < -0.39 is 18.2 Å². The molecule has 1 saturated carbocycles. The molecule has 1 saturated heterocycles. The van der Waals surface area contributed by atoms with Crippen molar-refractivity contribution in [3.8, 4) is 0 Å². The van der Waals surface area contributed by atoms with Gasteiger partial charge in [0.1, 0.15) is 6.10 Å². The lowest BCUT2D eigenvalue weighted by molar-refractivity contribution is -0.151. The SMILES string of the molecule is O=C(OC(=O)C1CCCO1)OC1CCC1. The Kier molecular flexibility index (Phi) is 3.20. The van der Waals surface area contributed by atoms with Gasteiger partial charge in [-0.1, -0.05) is 0 Å². The predicted molar refractivity (Wildman–Crippen MR) is 49.2 cm³/mol. The molecule has 0 aromatic carbocycles. The third kappa shape index (κ3) is 2.68. The normalized spacial score (nSPS) is 25.7. The molecule has 0 aromatic rings. The quantitative estimate of drug-likeness (QED) is 0.513. The minimum atomic E-state index is -0.889. The van der Waals surface area contributed by atoms with Gasteiger partial charge < -0.3 is 14.2 Å². The van der Waals surface area contributed by atoms with Crippen LogP contribution in [0.15, 0.2) is 0 Å². The molecule has 1 unspecified atom stereocenters. The summed E-state index contributed by atoms with van der Waals surface area (Å²) in [7, 11) is 0. The molecule has 5 nitrogen and oxygen atoms in total. The molecule has 15 heavy (non-hydrogen) atoms. The first-order valence-corrected chi connectivity index (χ1v) is 5.29. The van der Waals surface area contributed by atoms with E-state index >= 15 is 0 Å². The van der Waals surface area contributed by atoms with Crippen LogP contribution in [0.4, 0.5) is 4.79 Å². The fourth-order valence-electron chi connectivity index (χ4n) is 1.56. The summed E-state index contributed by atoms with van der Waals surface area (Å²) in [5, 5.41) is 0. The summed E-state index contributed by atoms with van der Waals surface area (Å²) >= 11 is 0. The van der Waals surface area contributed by atoms with Gasteiger partial charge in [-0.15, -0.1) is 0 Å². The summed E-state index contributed by atoms with van der Waals surface area (Å²) < 4.78 is 14.5. The lowest BCUT2D eigenvalue weighted by Crippen LogP contribution is -2.30. The molecule has 0 amide bonds. The average molecular weight is 214 g/mol. The molecule has 1 aliphatic heterocycles. The summed E-state index contributed by atoms with van der Waals surface area (Å²) in [5.41, 5.74) is 0. The van der Waals surface area contributed by atoms with Gasteiger partial charge in [0.25, 0.3) is 0 Å². The number of carbonyl (C=O) groups excluding carboxylic acids is 2. The fraction of sp³-hybridized carbons (Fsp3) is 0.800. The van der Waals surface area contributed by atoms with E-state index in [4.69, 9.17) is 9.47 Å². The number of hydrogen-bond acceptors (Lipinski definition) is 5. The minimum absolute atomic E-state index is 0.0604. The van der Waals surface area contributed by atoms with Crippen LogP contribution in [-0.2, 0) is 19.0 Å². The van der Waals surface area contributed by atoms with Crippen molar-refractivity contribution in [2.24, 2.45) is 0 Å². The third-order valence-corrected chi connectivity index (χ3v) is 2.69. The Morgan fingerprint density at radius 1 is 1.13 bits per heavy atom. The van der Waals surface area contributed by atoms with Crippen molar-refractivity contribution in [2.45, 2.75) is 44.3 Å². The van der Waals surface area contributed by atoms with E-state index in [-0.39, 0.29) is 6.10 Å². The maximum Gasteiger partial charge on any atom is 0.516 e. The van der Waals surface area contributed by atoms with Gasteiger partial charge in [0.2, 0.25) is 0 Å². The highest BCUT2D eigenvalue weighted by atomic mass is 16.7. The molecular formula is C10H14O5. The molecule has 2 fully saturated rings. The Labute approximate surface area is 87.7 Å². The molecule has 2 aliphatic rings. The highest BCUT2D eigenvalue weighted by molar-refractivity contribution is 5.85. The molecule has 5 heteroatoms. The molecule has 84 valence electrons. The van der Waals surface area contributed by atoms with Gasteiger partial charge in [-0.25, -0.2) is 9.59 Å². The molecule has 2 rings (SSSR count). The second kappa shape index (κ2) is 4.61. The average Bonchev–Trinajstić information content (AvgIpc) is 2.64. The van der Waals surface area contributed by atoms with Crippen molar-refractivity contribution in [3.63, 3.8) is 0 Å². The van der Waals surface area contributed by atoms with Gasteiger partial charge in [-0.3, -0.25) is 0 Å². The number of ether oxygens (including phenoxy) is 3. The topological polar surface area (TPSA) is 61.8 Å². The van der Waals surface area contributed by atoms with Crippen LogP contribution in [0.2, 0.25) is 0 Å². The standard InChI is InChI=1S/C10H14O5/c11-9(8-5-2-6-13-8)15-10(12)14-7-3-1-4-7/h7-8H,1-6H2. The molecule has 0 radical (unpaired) electrons. The molecule has 1 aliphatic carbocycles. The monoisotopic (exact) mass is 214 g/mol. The van der Waals surface area contributed by atoms with E-state index in [0.717, 1.165) is 25.7 Å². The second-order valence-corrected chi connectivity index (χ2v) is 3.84. The largest absolute Gasteiger partial charge is 0.516 e. The van der Waals surface area contributed by atoms with Gasteiger partial charge in [0.15, 0.2) is 6.10 Å². The van der Waals surface area contributed by atoms with Gasteiger partial charge >= 0.3 is 12.1 Å². The zero-order valence-electron chi connectivity index (χ0n) is 8.44. The van der Waals surface area contributed by atoms with E-state index in [0.29, 0.717) is 13.0 Å². The molecule has 0 N–H and O–H groups in total. The summed E-state index contributed by atoms with van der Waals surface area (Å²) in [6.07, 6.45) is 2.71. The van der Waals surface area contributed by atoms with Gasteiger partial charge in [-0.05, 0) is 32.1 Å². The van der Waals surface area contributed by atoms with Crippen LogP contribution in [0.3, 0.4) is 0 Å². The van der Waals surface area contributed by atoms with E-state index in [1.807, 2.05) is 0 Å². The lowest BCUT2D eigenvalue weighted by Gasteiger charge is -2.24. The smallest absolute Gasteiger partial charge is 0.431 e. The van der Waals surface area contributed by atoms with Gasteiger partial charge in [-0.2, -0.15) is 0 Å². The summed E-state index contributed by atoms with van der Waals surface area (Å²) in [4.78, 5) is 22.4. The third-order valence-electron chi connectivity index (χ3n) is 2.69. The van der Waals surface area contributed by atoms with Crippen LogP contribution in [0.25, 0.3) is 0 Å². The first-order chi connectivity index (χ1) is 7.25. The molecule has 1 atom stereocenters. The van der Waals surface area contributed by atoms with E-state index in [2.05, 4.69) is 4.74 Å². The van der Waals surface area contributed by atoms with Crippen LogP contribution >= 0.6 is 0 Å². The first-order valence-electron chi connectivity index (χ1n) is 5.29. The maximum atomic E-state index is 11.3. The Hall–Kier alpha value is -1.10. The summed E-state index contributed by atoms with van der Waals surface area (Å²) in [5.74, 6) is -0.628. The Balaban J connectivity index is 1.70. The summed E-state index contributed by atoms with van der Waals surface area (Å²) in [6.45, 7) is 0.553. The maximum absolute atomic E-state index is 11.3. The molecule has 1 heterocycles. The molecule has 0 bridgehead atoms. The molecule has 0 aromatic heterocycles. The highest BCUT2D eigenvalue weighted by Crippen LogP contribution is 2.22. The van der Waals surface area contributed by atoms with Crippen molar-refractivity contribution in [1.29, 1.82) is 0 Å². The van der Waals surface area contributed by atoms with E-state index in [9.17, 15) is 9.59 Å². The minimum Gasteiger partial charge on any atom is -0.431 e. The number of hydrogen-bond donors (Lipinski definition) is 0. The zero-order valence-corrected chi connectivity index (χ0v) is 8.44. The van der Waals surface area contributed by atoms with Gasteiger partial charge in [0.05, 0.1) is 0 Å². The van der Waals surface area contributed by atoms with Crippen molar-refractivity contribution in [3.05, 3.63) is 0 Å². The van der Waals surface area contributed by atoms with E-state index in [1.54, 1.807) is 0 Å². The molecule has 0 spiro atoms. The van der Waals surface area contributed by atoms with Crippen LogP contribution in [-0.4, -0.2) is 30.9 Å². The van der Waals surface area contributed by atoms with Crippen molar-refractivity contribution >= 4 is 12.1 Å². The number of esters is 1. The van der Waals surface area contributed by atoms with Gasteiger partial charge in [0, 0.05) is 6.61 Å². The highest BCUT2D eigenvalue weighted by Gasteiger charge is 2.29. The van der Waals surface area contributed by atoms with Crippen molar-refractivity contribution in [2.75, 3.05) is 6.61 Å². The van der Waals surface area contributed by atoms with Crippen LogP contribution < -0.4 is 0 Å². The Morgan fingerprint density at radius 3 is 2.47 bits per heavy atom. The lowest BCUT2D eigenvalue weighted by atomic mass is 9.96. The predicted octanol–water partition coefficient (Wildman–Crippen LogP) is 1.40.